The minimum atomic E-state index is 0.429. The van der Waals surface area contributed by atoms with Crippen LogP contribution in [0.3, 0.4) is 0 Å². The molecule has 0 saturated carbocycles. The highest BCUT2D eigenvalue weighted by Crippen LogP contribution is 2.04. The molecule has 0 aliphatic rings. The number of hydrogen-bond acceptors (Lipinski definition) is 6. The first-order valence-corrected chi connectivity index (χ1v) is 6.10. The second-order valence-corrected chi connectivity index (χ2v) is 3.83. The van der Waals surface area contributed by atoms with Crippen molar-refractivity contribution >= 4 is 0 Å². The maximum absolute atomic E-state index is 5.41. The Morgan fingerprint density at radius 2 is 2.06 bits per heavy atom. The van der Waals surface area contributed by atoms with Crippen molar-refractivity contribution in [2.75, 3.05) is 40.6 Å². The molecule has 1 rings (SSSR count). The highest BCUT2D eigenvalue weighted by Gasteiger charge is 2.02. The maximum Gasteiger partial charge on any atom is 0.162 e. The van der Waals surface area contributed by atoms with Gasteiger partial charge in [-0.2, -0.15) is 0 Å². The fourth-order valence-electron chi connectivity index (χ4n) is 1.39. The van der Waals surface area contributed by atoms with Crippen LogP contribution in [-0.4, -0.2) is 45.7 Å². The van der Waals surface area contributed by atoms with Crippen molar-refractivity contribution in [2.45, 2.75) is 19.6 Å². The molecule has 1 aromatic rings. The smallest absolute Gasteiger partial charge is 0.162 e. The van der Waals surface area contributed by atoms with Crippen LogP contribution in [-0.2, 0) is 27.4 Å². The van der Waals surface area contributed by atoms with Gasteiger partial charge in [-0.1, -0.05) is 5.16 Å². The molecule has 0 bridgehead atoms. The van der Waals surface area contributed by atoms with E-state index in [1.54, 1.807) is 7.11 Å². The molecule has 0 fully saturated rings. The van der Waals surface area contributed by atoms with E-state index < -0.39 is 0 Å². The Balaban J connectivity index is 1.96. The monoisotopic (exact) mass is 258 g/mol. The summed E-state index contributed by atoms with van der Waals surface area (Å²) >= 11 is 0. The number of nitrogens with one attached hydrogen (secondary N) is 1. The Morgan fingerprint density at radius 3 is 2.83 bits per heavy atom. The van der Waals surface area contributed by atoms with Crippen molar-refractivity contribution in [3.8, 4) is 0 Å². The number of aromatic nitrogens is 1. The first kappa shape index (κ1) is 15.1. The van der Waals surface area contributed by atoms with Crippen LogP contribution in [0.15, 0.2) is 10.6 Å². The van der Waals surface area contributed by atoms with Gasteiger partial charge in [0.25, 0.3) is 0 Å². The predicted octanol–water partition coefficient (Wildman–Crippen LogP) is 0.964. The minimum Gasteiger partial charge on any atom is -0.385 e. The average Bonchev–Trinajstić information content (AvgIpc) is 2.81. The zero-order valence-corrected chi connectivity index (χ0v) is 11.1. The molecule has 1 heterocycles. The molecule has 0 spiro atoms. The molecule has 1 aromatic heterocycles. The number of ether oxygens (including phenoxy) is 3. The van der Waals surface area contributed by atoms with Gasteiger partial charge in [-0.3, -0.25) is 0 Å². The Morgan fingerprint density at radius 1 is 1.22 bits per heavy atom. The molecule has 6 nitrogen and oxygen atoms in total. The van der Waals surface area contributed by atoms with Crippen LogP contribution in [0.2, 0.25) is 0 Å². The molecule has 0 amide bonds. The van der Waals surface area contributed by atoms with Crippen molar-refractivity contribution in [1.82, 2.24) is 10.5 Å². The molecule has 0 unspecified atom stereocenters. The quantitative estimate of drug-likeness (QED) is 0.596. The lowest BCUT2D eigenvalue weighted by Gasteiger charge is -2.03. The maximum atomic E-state index is 5.41. The number of nitrogens with zero attached hydrogens (tertiary/aromatic N) is 1. The molecule has 0 aliphatic heterocycles. The first-order valence-electron chi connectivity index (χ1n) is 6.10. The SMILES string of the molecule is CNCc1cc(COCCOCCCOC)on1. The normalized spacial score (nSPS) is 11.0. The number of rotatable bonds is 11. The molecule has 0 aromatic carbocycles. The third kappa shape index (κ3) is 6.70. The van der Waals surface area contributed by atoms with Gasteiger partial charge >= 0.3 is 0 Å². The van der Waals surface area contributed by atoms with E-state index in [0.29, 0.717) is 33.0 Å². The minimum absolute atomic E-state index is 0.429. The summed E-state index contributed by atoms with van der Waals surface area (Å²) in [6.45, 7) is 3.69. The summed E-state index contributed by atoms with van der Waals surface area (Å²) in [5, 5.41) is 6.90. The van der Waals surface area contributed by atoms with Crippen LogP contribution < -0.4 is 5.32 Å². The zero-order chi connectivity index (χ0) is 13.1. The van der Waals surface area contributed by atoms with Crippen LogP contribution in [0.25, 0.3) is 0 Å². The van der Waals surface area contributed by atoms with E-state index in [9.17, 15) is 0 Å². The summed E-state index contributed by atoms with van der Waals surface area (Å²) in [5.74, 6) is 0.736. The van der Waals surface area contributed by atoms with Crippen molar-refractivity contribution in [3.05, 3.63) is 17.5 Å². The van der Waals surface area contributed by atoms with Crippen LogP contribution >= 0.6 is 0 Å². The molecule has 18 heavy (non-hydrogen) atoms. The predicted molar refractivity (Wildman–Crippen MR) is 66.2 cm³/mol. The Labute approximate surface area is 108 Å². The van der Waals surface area contributed by atoms with E-state index in [0.717, 1.165) is 24.5 Å². The summed E-state index contributed by atoms with van der Waals surface area (Å²) in [4.78, 5) is 0. The van der Waals surface area contributed by atoms with Gasteiger partial charge in [0.2, 0.25) is 0 Å². The van der Waals surface area contributed by atoms with Crippen LogP contribution in [0.4, 0.5) is 0 Å². The summed E-state index contributed by atoms with van der Waals surface area (Å²) in [5.41, 5.74) is 0.881. The second-order valence-electron chi connectivity index (χ2n) is 3.83. The van der Waals surface area contributed by atoms with E-state index >= 15 is 0 Å². The van der Waals surface area contributed by atoms with E-state index in [1.165, 1.54) is 0 Å². The Kier molecular flexibility index (Phi) is 8.41. The van der Waals surface area contributed by atoms with Crippen LogP contribution in [0.1, 0.15) is 17.9 Å². The van der Waals surface area contributed by atoms with Crippen LogP contribution in [0.5, 0.6) is 0 Å². The summed E-state index contributed by atoms with van der Waals surface area (Å²) < 4.78 is 20.8. The van der Waals surface area contributed by atoms with Crippen molar-refractivity contribution in [1.29, 1.82) is 0 Å². The van der Waals surface area contributed by atoms with Gasteiger partial charge in [-0.05, 0) is 13.5 Å². The standard InChI is InChI=1S/C12H22N2O4/c1-13-9-11-8-12(18-14-11)10-17-7-6-16-5-3-4-15-2/h8,13H,3-7,9-10H2,1-2H3. The molecule has 0 saturated heterocycles. The van der Waals surface area contributed by atoms with Crippen LogP contribution in [0, 0.1) is 0 Å². The summed E-state index contributed by atoms with van der Waals surface area (Å²) in [6.07, 6.45) is 0.909. The second kappa shape index (κ2) is 10.0. The highest BCUT2D eigenvalue weighted by molar-refractivity contribution is 5.03. The van der Waals surface area contributed by atoms with Gasteiger partial charge < -0.3 is 24.1 Å². The topological polar surface area (TPSA) is 65.8 Å². The van der Waals surface area contributed by atoms with Gasteiger partial charge in [-0.25, -0.2) is 0 Å². The third-order valence-electron chi connectivity index (χ3n) is 2.22. The van der Waals surface area contributed by atoms with Crippen molar-refractivity contribution in [2.24, 2.45) is 0 Å². The molecular weight excluding hydrogens is 236 g/mol. The van der Waals surface area contributed by atoms with Gasteiger partial charge in [0.05, 0.1) is 18.9 Å². The van der Waals surface area contributed by atoms with E-state index in [2.05, 4.69) is 10.5 Å². The number of hydrogen-bond donors (Lipinski definition) is 1. The van der Waals surface area contributed by atoms with Gasteiger partial charge in [0, 0.05) is 32.9 Å². The fourth-order valence-corrected chi connectivity index (χ4v) is 1.39. The summed E-state index contributed by atoms with van der Waals surface area (Å²) in [7, 11) is 3.55. The average molecular weight is 258 g/mol. The zero-order valence-electron chi connectivity index (χ0n) is 11.1. The Hall–Kier alpha value is -0.950. The molecule has 0 aliphatic carbocycles. The largest absolute Gasteiger partial charge is 0.385 e. The highest BCUT2D eigenvalue weighted by atomic mass is 16.5. The van der Waals surface area contributed by atoms with E-state index in [1.807, 2.05) is 13.1 Å². The molecular formula is C12H22N2O4. The lowest BCUT2D eigenvalue weighted by Crippen LogP contribution is -2.06. The lowest BCUT2D eigenvalue weighted by atomic mass is 10.4. The van der Waals surface area contributed by atoms with E-state index in [4.69, 9.17) is 18.7 Å². The van der Waals surface area contributed by atoms with E-state index in [-0.39, 0.29) is 0 Å². The molecule has 1 N–H and O–H groups in total. The van der Waals surface area contributed by atoms with Gasteiger partial charge in [-0.15, -0.1) is 0 Å². The van der Waals surface area contributed by atoms with Crippen molar-refractivity contribution < 1.29 is 18.7 Å². The Bertz CT molecular complexity index is 304. The molecule has 6 heteroatoms. The summed E-state index contributed by atoms with van der Waals surface area (Å²) in [6, 6.07) is 1.88. The van der Waals surface area contributed by atoms with Gasteiger partial charge in [0.1, 0.15) is 6.61 Å². The van der Waals surface area contributed by atoms with Gasteiger partial charge in [0.15, 0.2) is 5.76 Å². The molecule has 0 radical (unpaired) electrons. The lowest BCUT2D eigenvalue weighted by molar-refractivity contribution is 0.0272. The number of methoxy groups -OCH3 is 1. The third-order valence-corrected chi connectivity index (χ3v) is 2.22. The molecule has 104 valence electrons. The molecule has 0 atom stereocenters. The first-order chi connectivity index (χ1) is 8.86. The van der Waals surface area contributed by atoms with Crippen molar-refractivity contribution in [3.63, 3.8) is 0 Å². The fraction of sp³-hybridized carbons (Fsp3) is 0.750.